The third-order valence-corrected chi connectivity index (χ3v) is 2.37. The molecule has 4 N–H and O–H groups in total. The van der Waals surface area contributed by atoms with Gasteiger partial charge in [0, 0.05) is 5.69 Å². The molecule has 1 rings (SSSR count). The first kappa shape index (κ1) is 10.7. The SMILES string of the molecule is Cc1[nH]nc(C(CCN)C(=O)O)c1C. The molecule has 5 nitrogen and oxygen atoms in total. The highest BCUT2D eigenvalue weighted by molar-refractivity contribution is 5.76. The molecule has 0 spiro atoms. The van der Waals surface area contributed by atoms with Crippen LogP contribution in [0, 0.1) is 13.8 Å². The zero-order valence-corrected chi connectivity index (χ0v) is 8.37. The van der Waals surface area contributed by atoms with Crippen molar-refractivity contribution >= 4 is 5.97 Å². The highest BCUT2D eigenvalue weighted by Gasteiger charge is 2.23. The van der Waals surface area contributed by atoms with Gasteiger partial charge in [0.15, 0.2) is 0 Å². The summed E-state index contributed by atoms with van der Waals surface area (Å²) in [4.78, 5) is 10.9. The van der Waals surface area contributed by atoms with E-state index in [4.69, 9.17) is 10.8 Å². The maximum Gasteiger partial charge on any atom is 0.312 e. The summed E-state index contributed by atoms with van der Waals surface area (Å²) in [7, 11) is 0. The first-order valence-corrected chi connectivity index (χ1v) is 4.52. The van der Waals surface area contributed by atoms with Gasteiger partial charge in [-0.3, -0.25) is 9.89 Å². The second-order valence-corrected chi connectivity index (χ2v) is 3.33. The molecule has 0 saturated carbocycles. The van der Waals surface area contributed by atoms with Crippen molar-refractivity contribution in [1.82, 2.24) is 10.2 Å². The number of H-pyrrole nitrogens is 1. The molecule has 0 aliphatic heterocycles. The van der Waals surface area contributed by atoms with Crippen LogP contribution >= 0.6 is 0 Å². The summed E-state index contributed by atoms with van der Waals surface area (Å²) in [5.74, 6) is -1.46. The molecule has 0 aromatic carbocycles. The van der Waals surface area contributed by atoms with E-state index in [0.717, 1.165) is 11.3 Å². The maximum absolute atomic E-state index is 10.9. The number of aliphatic carboxylic acids is 1. The molecule has 1 aromatic heterocycles. The number of nitrogens with two attached hydrogens (primary N) is 1. The summed E-state index contributed by atoms with van der Waals surface area (Å²) >= 11 is 0. The normalized spacial score (nSPS) is 12.8. The van der Waals surface area contributed by atoms with E-state index in [1.165, 1.54) is 0 Å². The molecule has 0 fully saturated rings. The standard InChI is InChI=1S/C9H15N3O2/c1-5-6(2)11-12-8(5)7(3-4-10)9(13)14/h7H,3-4,10H2,1-2H3,(H,11,12)(H,13,14). The van der Waals surface area contributed by atoms with E-state index in [9.17, 15) is 4.79 Å². The van der Waals surface area contributed by atoms with Gasteiger partial charge in [-0.2, -0.15) is 5.10 Å². The molecule has 0 aliphatic carbocycles. The van der Waals surface area contributed by atoms with Gasteiger partial charge in [-0.25, -0.2) is 0 Å². The van der Waals surface area contributed by atoms with Crippen LogP contribution in [-0.4, -0.2) is 27.8 Å². The third-order valence-electron chi connectivity index (χ3n) is 2.37. The quantitative estimate of drug-likeness (QED) is 0.657. The van der Waals surface area contributed by atoms with E-state index in [2.05, 4.69) is 10.2 Å². The van der Waals surface area contributed by atoms with Crippen LogP contribution in [0.5, 0.6) is 0 Å². The predicted molar refractivity (Wildman–Crippen MR) is 52.1 cm³/mol. The maximum atomic E-state index is 10.9. The Morgan fingerprint density at radius 1 is 1.64 bits per heavy atom. The lowest BCUT2D eigenvalue weighted by Crippen LogP contribution is -2.17. The Morgan fingerprint density at radius 2 is 2.29 bits per heavy atom. The minimum Gasteiger partial charge on any atom is -0.481 e. The van der Waals surface area contributed by atoms with Crippen molar-refractivity contribution in [1.29, 1.82) is 0 Å². The monoisotopic (exact) mass is 197 g/mol. The van der Waals surface area contributed by atoms with Crippen LogP contribution < -0.4 is 5.73 Å². The summed E-state index contributed by atoms with van der Waals surface area (Å²) in [5, 5.41) is 15.8. The van der Waals surface area contributed by atoms with Crippen LogP contribution in [-0.2, 0) is 4.79 Å². The first-order chi connectivity index (χ1) is 6.57. The number of aromatic amines is 1. The number of hydrogen-bond acceptors (Lipinski definition) is 3. The van der Waals surface area contributed by atoms with E-state index in [0.29, 0.717) is 18.7 Å². The number of nitrogens with zero attached hydrogens (tertiary/aromatic N) is 1. The number of nitrogens with one attached hydrogen (secondary N) is 1. The molecule has 0 bridgehead atoms. The van der Waals surface area contributed by atoms with Crippen LogP contribution in [0.1, 0.15) is 29.3 Å². The van der Waals surface area contributed by atoms with Crippen LogP contribution in [0.3, 0.4) is 0 Å². The Bertz CT molecular complexity index is 333. The molecule has 78 valence electrons. The van der Waals surface area contributed by atoms with Crippen molar-refractivity contribution in [2.45, 2.75) is 26.2 Å². The molecular formula is C9H15N3O2. The van der Waals surface area contributed by atoms with Crippen LogP contribution in [0.25, 0.3) is 0 Å². The smallest absolute Gasteiger partial charge is 0.312 e. The Labute approximate surface area is 82.3 Å². The van der Waals surface area contributed by atoms with Crippen molar-refractivity contribution in [3.8, 4) is 0 Å². The average molecular weight is 197 g/mol. The Hall–Kier alpha value is -1.36. The fourth-order valence-corrected chi connectivity index (χ4v) is 1.39. The van der Waals surface area contributed by atoms with E-state index in [1.807, 2.05) is 13.8 Å². The van der Waals surface area contributed by atoms with Gasteiger partial charge in [-0.05, 0) is 32.4 Å². The zero-order valence-electron chi connectivity index (χ0n) is 8.37. The Morgan fingerprint density at radius 3 is 2.64 bits per heavy atom. The number of aromatic nitrogens is 2. The van der Waals surface area contributed by atoms with Gasteiger partial charge in [-0.15, -0.1) is 0 Å². The van der Waals surface area contributed by atoms with Gasteiger partial charge < -0.3 is 10.8 Å². The Balaban J connectivity index is 2.99. The Kier molecular flexibility index (Phi) is 3.24. The zero-order chi connectivity index (χ0) is 10.7. The lowest BCUT2D eigenvalue weighted by atomic mass is 9.98. The highest BCUT2D eigenvalue weighted by atomic mass is 16.4. The van der Waals surface area contributed by atoms with E-state index in [1.54, 1.807) is 0 Å². The van der Waals surface area contributed by atoms with E-state index in [-0.39, 0.29) is 0 Å². The average Bonchev–Trinajstić information content (AvgIpc) is 2.44. The molecule has 0 aliphatic rings. The van der Waals surface area contributed by atoms with Crippen LogP contribution in [0.2, 0.25) is 0 Å². The minimum atomic E-state index is -0.870. The number of hydrogen-bond donors (Lipinski definition) is 3. The second kappa shape index (κ2) is 4.23. The van der Waals surface area contributed by atoms with Crippen LogP contribution in [0.4, 0.5) is 0 Å². The molecule has 1 unspecified atom stereocenters. The molecule has 1 aromatic rings. The molecule has 0 radical (unpaired) electrons. The van der Waals surface area contributed by atoms with E-state index >= 15 is 0 Å². The molecule has 0 saturated heterocycles. The molecule has 5 heteroatoms. The van der Waals surface area contributed by atoms with Gasteiger partial charge in [-0.1, -0.05) is 0 Å². The van der Waals surface area contributed by atoms with Crippen LogP contribution in [0.15, 0.2) is 0 Å². The van der Waals surface area contributed by atoms with Gasteiger partial charge in [0.25, 0.3) is 0 Å². The summed E-state index contributed by atoms with van der Waals surface area (Å²) in [6.45, 7) is 4.08. The third kappa shape index (κ3) is 1.93. The first-order valence-electron chi connectivity index (χ1n) is 4.52. The summed E-state index contributed by atoms with van der Waals surface area (Å²) < 4.78 is 0. The highest BCUT2D eigenvalue weighted by Crippen LogP contribution is 2.22. The largest absolute Gasteiger partial charge is 0.481 e. The van der Waals surface area contributed by atoms with Crippen molar-refractivity contribution in [2.75, 3.05) is 6.54 Å². The van der Waals surface area contributed by atoms with Gasteiger partial charge in [0.1, 0.15) is 5.92 Å². The lowest BCUT2D eigenvalue weighted by molar-refractivity contribution is -0.139. The lowest BCUT2D eigenvalue weighted by Gasteiger charge is -2.08. The van der Waals surface area contributed by atoms with Crippen molar-refractivity contribution in [2.24, 2.45) is 5.73 Å². The fraction of sp³-hybridized carbons (Fsp3) is 0.556. The fourth-order valence-electron chi connectivity index (χ4n) is 1.39. The van der Waals surface area contributed by atoms with Gasteiger partial charge in [0.05, 0.1) is 5.69 Å². The topological polar surface area (TPSA) is 92.0 Å². The number of rotatable bonds is 4. The second-order valence-electron chi connectivity index (χ2n) is 3.33. The molecule has 1 atom stereocenters. The number of carboxylic acids is 1. The summed E-state index contributed by atoms with van der Waals surface area (Å²) in [6, 6.07) is 0. The van der Waals surface area contributed by atoms with Gasteiger partial charge in [0.2, 0.25) is 0 Å². The number of aryl methyl sites for hydroxylation is 1. The molecule has 14 heavy (non-hydrogen) atoms. The summed E-state index contributed by atoms with van der Waals surface area (Å²) in [5.41, 5.74) is 7.77. The van der Waals surface area contributed by atoms with Crippen molar-refractivity contribution in [3.05, 3.63) is 17.0 Å². The summed E-state index contributed by atoms with van der Waals surface area (Å²) in [6.07, 6.45) is 0.417. The molecule has 1 heterocycles. The molecular weight excluding hydrogens is 182 g/mol. The predicted octanol–water partition coefficient (Wildman–Crippen LogP) is 0.544. The number of carboxylic acid groups (broad SMARTS) is 1. The van der Waals surface area contributed by atoms with Gasteiger partial charge >= 0.3 is 5.97 Å². The molecule has 0 amide bonds. The van der Waals surface area contributed by atoms with Crippen molar-refractivity contribution < 1.29 is 9.90 Å². The number of carbonyl (C=O) groups is 1. The minimum absolute atomic E-state index is 0.350. The van der Waals surface area contributed by atoms with E-state index < -0.39 is 11.9 Å². The van der Waals surface area contributed by atoms with Crippen molar-refractivity contribution in [3.63, 3.8) is 0 Å².